The van der Waals surface area contributed by atoms with E-state index in [9.17, 15) is 18.6 Å². The third-order valence-corrected chi connectivity index (χ3v) is 6.94. The summed E-state index contributed by atoms with van der Waals surface area (Å²) < 4.78 is 25.3. The third kappa shape index (κ3) is 2.73. The second kappa shape index (κ2) is 5.35. The van der Waals surface area contributed by atoms with Gasteiger partial charge in [-0.2, -0.15) is 0 Å². The van der Waals surface area contributed by atoms with Gasteiger partial charge in [0.2, 0.25) is 0 Å². The van der Waals surface area contributed by atoms with Crippen LogP contribution >= 0.6 is 11.3 Å². The van der Waals surface area contributed by atoms with Crippen LogP contribution in [0.15, 0.2) is 17.8 Å². The summed E-state index contributed by atoms with van der Waals surface area (Å²) in [5, 5.41) is 21.5. The van der Waals surface area contributed by atoms with Crippen LogP contribution in [0.3, 0.4) is 0 Å². The zero-order chi connectivity index (χ0) is 15.1. The molecule has 0 amide bonds. The molecule has 0 bridgehead atoms. The van der Waals surface area contributed by atoms with Crippen LogP contribution in [0.4, 0.5) is 0 Å². The SMILES string of the molecule is O=S1(=O)CCC(C(CO)(CO)Cc2cn3ccsc3n2)C1. The van der Waals surface area contributed by atoms with Gasteiger partial charge < -0.3 is 10.2 Å². The monoisotopic (exact) mass is 330 g/mol. The highest BCUT2D eigenvalue weighted by atomic mass is 32.2. The summed E-state index contributed by atoms with van der Waals surface area (Å²) in [5.41, 5.74) is -0.0533. The van der Waals surface area contributed by atoms with E-state index in [-0.39, 0.29) is 30.6 Å². The van der Waals surface area contributed by atoms with Crippen LogP contribution in [0.5, 0.6) is 0 Å². The summed E-state index contributed by atoms with van der Waals surface area (Å²) >= 11 is 1.51. The lowest BCUT2D eigenvalue weighted by Crippen LogP contribution is -2.41. The fourth-order valence-electron chi connectivity index (χ4n) is 3.06. The third-order valence-electron chi connectivity index (χ3n) is 4.40. The van der Waals surface area contributed by atoms with Crippen molar-refractivity contribution in [1.29, 1.82) is 0 Å². The van der Waals surface area contributed by atoms with Gasteiger partial charge in [-0.15, -0.1) is 11.3 Å². The standard InChI is InChI=1S/C13H18N2O4S2/c16-8-13(9-17,10-1-4-21(18,19)7-10)5-11-6-15-2-3-20-12(15)14-11/h2-3,6,10,16-17H,1,4-5,7-9H2. The minimum atomic E-state index is -3.05. The summed E-state index contributed by atoms with van der Waals surface area (Å²) in [6, 6.07) is 0. The number of sulfone groups is 1. The number of hydrogen-bond acceptors (Lipinski definition) is 6. The Balaban J connectivity index is 1.88. The molecule has 3 heterocycles. The average molecular weight is 330 g/mol. The normalized spacial score (nSPS) is 22.1. The van der Waals surface area contributed by atoms with Gasteiger partial charge in [0.1, 0.15) is 0 Å². The van der Waals surface area contributed by atoms with Crippen molar-refractivity contribution in [2.75, 3.05) is 24.7 Å². The number of aliphatic hydroxyl groups is 2. The summed E-state index contributed by atoms with van der Waals surface area (Å²) in [5.74, 6) is -0.0501. The maximum absolute atomic E-state index is 11.7. The Labute approximate surface area is 127 Å². The molecule has 1 atom stereocenters. The summed E-state index contributed by atoms with van der Waals surface area (Å²) in [6.07, 6.45) is 4.64. The molecule has 0 aliphatic carbocycles. The van der Waals surface area contributed by atoms with E-state index >= 15 is 0 Å². The van der Waals surface area contributed by atoms with Gasteiger partial charge in [0.25, 0.3) is 0 Å². The predicted molar refractivity (Wildman–Crippen MR) is 80.1 cm³/mol. The molecule has 1 aliphatic rings. The Morgan fingerprint density at radius 1 is 1.43 bits per heavy atom. The predicted octanol–water partition coefficient (Wildman–Crippen LogP) is 0.344. The first-order valence-electron chi connectivity index (χ1n) is 6.81. The van der Waals surface area contributed by atoms with Crippen molar-refractivity contribution in [3.05, 3.63) is 23.5 Å². The first-order chi connectivity index (χ1) is 9.98. The van der Waals surface area contributed by atoms with Crippen molar-refractivity contribution in [2.45, 2.75) is 12.8 Å². The summed E-state index contributed by atoms with van der Waals surface area (Å²) in [4.78, 5) is 5.33. The van der Waals surface area contributed by atoms with E-state index in [2.05, 4.69) is 4.98 Å². The smallest absolute Gasteiger partial charge is 0.193 e. The van der Waals surface area contributed by atoms with Crippen molar-refractivity contribution >= 4 is 26.1 Å². The highest BCUT2D eigenvalue weighted by molar-refractivity contribution is 7.91. The van der Waals surface area contributed by atoms with E-state index in [0.29, 0.717) is 12.8 Å². The molecule has 0 saturated carbocycles. The van der Waals surface area contributed by atoms with Gasteiger partial charge in [0, 0.05) is 29.6 Å². The molecule has 0 aromatic carbocycles. The number of thiazole rings is 1. The molecule has 1 unspecified atom stereocenters. The van der Waals surface area contributed by atoms with Crippen molar-refractivity contribution in [1.82, 2.24) is 9.38 Å². The Kier molecular flexibility index (Phi) is 3.81. The Bertz CT molecular complexity index is 702. The van der Waals surface area contributed by atoms with Gasteiger partial charge in [0.15, 0.2) is 14.8 Å². The molecule has 8 heteroatoms. The number of aromatic nitrogens is 2. The molecular weight excluding hydrogens is 312 g/mol. The molecule has 2 N–H and O–H groups in total. The molecule has 1 saturated heterocycles. The number of fused-ring (bicyclic) bond motifs is 1. The molecule has 1 fully saturated rings. The Morgan fingerprint density at radius 3 is 2.76 bits per heavy atom. The van der Waals surface area contributed by atoms with Crippen LogP contribution in [-0.4, -0.2) is 52.7 Å². The summed E-state index contributed by atoms with van der Waals surface area (Å²) in [7, 11) is -3.05. The first kappa shape index (κ1) is 15.0. The maximum atomic E-state index is 11.7. The van der Waals surface area contributed by atoms with E-state index in [4.69, 9.17) is 0 Å². The molecule has 0 spiro atoms. The molecule has 2 aromatic rings. The molecule has 1 aliphatic heterocycles. The lowest BCUT2D eigenvalue weighted by molar-refractivity contribution is 0.0118. The van der Waals surface area contributed by atoms with E-state index in [1.54, 1.807) is 0 Å². The fourth-order valence-corrected chi connectivity index (χ4v) is 5.73. The minimum Gasteiger partial charge on any atom is -0.396 e. The van der Waals surface area contributed by atoms with Crippen LogP contribution < -0.4 is 0 Å². The van der Waals surface area contributed by atoms with E-state index < -0.39 is 15.3 Å². The van der Waals surface area contributed by atoms with Gasteiger partial charge in [0.05, 0.1) is 30.4 Å². The Hall–Kier alpha value is -0.960. The number of hydrogen-bond donors (Lipinski definition) is 2. The van der Waals surface area contributed by atoms with E-state index in [1.165, 1.54) is 11.3 Å². The van der Waals surface area contributed by atoms with Crippen molar-refractivity contribution < 1.29 is 18.6 Å². The topological polar surface area (TPSA) is 91.9 Å². The van der Waals surface area contributed by atoms with Crippen LogP contribution in [0.2, 0.25) is 0 Å². The van der Waals surface area contributed by atoms with Crippen molar-refractivity contribution in [2.24, 2.45) is 11.3 Å². The zero-order valence-electron chi connectivity index (χ0n) is 11.5. The molecule has 2 aromatic heterocycles. The largest absolute Gasteiger partial charge is 0.396 e. The first-order valence-corrected chi connectivity index (χ1v) is 9.51. The van der Waals surface area contributed by atoms with Gasteiger partial charge in [-0.05, 0) is 12.3 Å². The number of aliphatic hydroxyl groups excluding tert-OH is 2. The average Bonchev–Trinajstić information content (AvgIpc) is 3.10. The van der Waals surface area contributed by atoms with E-state index in [0.717, 1.165) is 10.7 Å². The highest BCUT2D eigenvalue weighted by Crippen LogP contribution is 2.38. The van der Waals surface area contributed by atoms with Crippen molar-refractivity contribution in [3.63, 3.8) is 0 Å². The minimum absolute atomic E-state index is 0.0380. The zero-order valence-corrected chi connectivity index (χ0v) is 13.1. The lowest BCUT2D eigenvalue weighted by Gasteiger charge is -2.34. The number of imidazole rings is 1. The quantitative estimate of drug-likeness (QED) is 0.825. The van der Waals surface area contributed by atoms with Crippen LogP contribution in [0, 0.1) is 11.3 Å². The van der Waals surface area contributed by atoms with Gasteiger partial charge >= 0.3 is 0 Å². The van der Waals surface area contributed by atoms with Crippen LogP contribution in [0.1, 0.15) is 12.1 Å². The molecule has 3 rings (SSSR count). The van der Waals surface area contributed by atoms with Crippen LogP contribution in [0.25, 0.3) is 4.96 Å². The van der Waals surface area contributed by atoms with Crippen molar-refractivity contribution in [3.8, 4) is 0 Å². The lowest BCUT2D eigenvalue weighted by atomic mass is 9.73. The molecule has 21 heavy (non-hydrogen) atoms. The number of nitrogens with zero attached hydrogens (tertiary/aromatic N) is 2. The fraction of sp³-hybridized carbons (Fsp3) is 0.615. The Morgan fingerprint density at radius 2 is 2.19 bits per heavy atom. The molecule has 0 radical (unpaired) electrons. The van der Waals surface area contributed by atoms with Crippen LogP contribution in [-0.2, 0) is 16.3 Å². The number of rotatable bonds is 5. The second-order valence-corrected chi connectivity index (χ2v) is 8.88. The van der Waals surface area contributed by atoms with E-state index in [1.807, 2.05) is 22.2 Å². The van der Waals surface area contributed by atoms with Gasteiger partial charge in [-0.3, -0.25) is 4.40 Å². The second-order valence-electron chi connectivity index (χ2n) is 5.78. The maximum Gasteiger partial charge on any atom is 0.193 e. The van der Waals surface area contributed by atoms with Gasteiger partial charge in [-0.25, -0.2) is 13.4 Å². The molecule has 6 nitrogen and oxygen atoms in total. The molecule has 116 valence electrons. The molecular formula is C13H18N2O4S2. The summed E-state index contributed by atoms with van der Waals surface area (Å²) in [6.45, 7) is -0.482. The van der Waals surface area contributed by atoms with Gasteiger partial charge in [-0.1, -0.05) is 0 Å². The highest BCUT2D eigenvalue weighted by Gasteiger charge is 2.44.